The molecule has 0 aromatic carbocycles. The average Bonchev–Trinajstić information content (AvgIpc) is 2.07. The molecule has 0 saturated carbocycles. The predicted molar refractivity (Wildman–Crippen MR) is 44.2 cm³/mol. The SMILES string of the molecule is Cc1c(C(F)(F)F)nc(CCl)[nH]c1=O. The highest BCUT2D eigenvalue weighted by atomic mass is 35.5. The Morgan fingerprint density at radius 1 is 1.50 bits per heavy atom. The maximum absolute atomic E-state index is 12.3. The van der Waals surface area contributed by atoms with E-state index in [-0.39, 0.29) is 11.7 Å². The Morgan fingerprint density at radius 2 is 2.07 bits per heavy atom. The second-order valence-electron chi connectivity index (χ2n) is 2.62. The molecule has 0 aliphatic carbocycles. The average molecular weight is 227 g/mol. The summed E-state index contributed by atoms with van der Waals surface area (Å²) in [5, 5.41) is 0. The number of rotatable bonds is 1. The molecular formula is C7H6ClF3N2O. The van der Waals surface area contributed by atoms with Crippen LogP contribution in [0, 0.1) is 6.92 Å². The summed E-state index contributed by atoms with van der Waals surface area (Å²) in [4.78, 5) is 16.4. The molecule has 0 amide bonds. The number of alkyl halides is 4. The normalized spacial score (nSPS) is 11.8. The van der Waals surface area contributed by atoms with Crippen molar-refractivity contribution in [1.29, 1.82) is 0 Å². The van der Waals surface area contributed by atoms with Gasteiger partial charge in [0.1, 0.15) is 5.82 Å². The molecule has 1 rings (SSSR count). The minimum absolute atomic E-state index is 0.186. The van der Waals surface area contributed by atoms with Crippen molar-refractivity contribution < 1.29 is 13.2 Å². The number of H-pyrrole nitrogens is 1. The van der Waals surface area contributed by atoms with Crippen molar-refractivity contribution in [2.45, 2.75) is 19.0 Å². The first-order valence-electron chi connectivity index (χ1n) is 3.59. The second-order valence-corrected chi connectivity index (χ2v) is 2.88. The molecule has 0 unspecified atom stereocenters. The number of nitrogens with one attached hydrogen (secondary N) is 1. The maximum atomic E-state index is 12.3. The van der Waals surface area contributed by atoms with E-state index in [4.69, 9.17) is 11.6 Å². The molecule has 0 saturated heterocycles. The molecule has 7 heteroatoms. The van der Waals surface area contributed by atoms with Crippen LogP contribution in [0.4, 0.5) is 13.2 Å². The molecule has 0 atom stereocenters. The molecular weight excluding hydrogens is 221 g/mol. The van der Waals surface area contributed by atoms with Crippen LogP contribution in [-0.4, -0.2) is 9.97 Å². The minimum atomic E-state index is -4.63. The van der Waals surface area contributed by atoms with E-state index in [1.807, 2.05) is 0 Å². The quantitative estimate of drug-likeness (QED) is 0.743. The van der Waals surface area contributed by atoms with Crippen LogP contribution >= 0.6 is 11.6 Å². The van der Waals surface area contributed by atoms with Crippen LogP contribution in [0.1, 0.15) is 17.1 Å². The minimum Gasteiger partial charge on any atom is -0.309 e. The molecule has 0 aliphatic rings. The van der Waals surface area contributed by atoms with Crippen LogP contribution in [0.5, 0.6) is 0 Å². The van der Waals surface area contributed by atoms with Gasteiger partial charge in [-0.3, -0.25) is 4.79 Å². The molecule has 78 valence electrons. The Bertz CT molecular complexity index is 399. The van der Waals surface area contributed by atoms with Gasteiger partial charge in [-0.05, 0) is 6.92 Å². The molecule has 1 aromatic rings. The molecule has 1 aromatic heterocycles. The topological polar surface area (TPSA) is 45.8 Å². The number of hydrogen-bond acceptors (Lipinski definition) is 2. The summed E-state index contributed by atoms with van der Waals surface area (Å²) >= 11 is 5.27. The fourth-order valence-electron chi connectivity index (χ4n) is 0.918. The van der Waals surface area contributed by atoms with Crippen LogP contribution in [0.2, 0.25) is 0 Å². The van der Waals surface area contributed by atoms with Crippen LogP contribution in [-0.2, 0) is 12.1 Å². The molecule has 14 heavy (non-hydrogen) atoms. The summed E-state index contributed by atoms with van der Waals surface area (Å²) in [5.74, 6) is -0.451. The smallest absolute Gasteiger partial charge is 0.309 e. The van der Waals surface area contributed by atoms with Gasteiger partial charge in [0.25, 0.3) is 5.56 Å². The van der Waals surface area contributed by atoms with Crippen molar-refractivity contribution in [1.82, 2.24) is 9.97 Å². The lowest BCUT2D eigenvalue weighted by Crippen LogP contribution is -2.22. The number of aromatic nitrogens is 2. The van der Waals surface area contributed by atoms with Gasteiger partial charge in [0.15, 0.2) is 5.69 Å². The van der Waals surface area contributed by atoms with Crippen LogP contribution in [0.15, 0.2) is 4.79 Å². The van der Waals surface area contributed by atoms with Crippen molar-refractivity contribution in [3.8, 4) is 0 Å². The third-order valence-electron chi connectivity index (χ3n) is 1.60. The van der Waals surface area contributed by atoms with E-state index >= 15 is 0 Å². The summed E-state index contributed by atoms with van der Waals surface area (Å²) in [6.07, 6.45) is -4.63. The Morgan fingerprint density at radius 3 is 2.50 bits per heavy atom. The third kappa shape index (κ3) is 2.06. The van der Waals surface area contributed by atoms with Gasteiger partial charge in [0.05, 0.1) is 5.88 Å². The standard InChI is InChI=1S/C7H6ClF3N2O/c1-3-5(7(9,10)11)12-4(2-8)13-6(3)14/h2H2,1H3,(H,12,13,14). The van der Waals surface area contributed by atoms with Gasteiger partial charge in [-0.2, -0.15) is 13.2 Å². The van der Waals surface area contributed by atoms with Crippen molar-refractivity contribution in [2.75, 3.05) is 0 Å². The van der Waals surface area contributed by atoms with Gasteiger partial charge in [-0.1, -0.05) is 0 Å². The molecule has 0 spiro atoms. The zero-order chi connectivity index (χ0) is 10.9. The van der Waals surface area contributed by atoms with Gasteiger partial charge >= 0.3 is 6.18 Å². The first kappa shape index (κ1) is 11.0. The lowest BCUT2D eigenvalue weighted by molar-refractivity contribution is -0.141. The number of hydrogen-bond donors (Lipinski definition) is 1. The molecule has 0 aliphatic heterocycles. The molecule has 0 bridgehead atoms. The highest BCUT2D eigenvalue weighted by Crippen LogP contribution is 2.28. The van der Waals surface area contributed by atoms with E-state index in [0.29, 0.717) is 0 Å². The Labute approximate surface area is 81.9 Å². The Kier molecular flexibility index (Phi) is 2.84. The van der Waals surface area contributed by atoms with Gasteiger partial charge in [0, 0.05) is 5.56 Å². The van der Waals surface area contributed by atoms with Gasteiger partial charge in [0.2, 0.25) is 0 Å². The van der Waals surface area contributed by atoms with Crippen molar-refractivity contribution in [3.63, 3.8) is 0 Å². The third-order valence-corrected chi connectivity index (χ3v) is 1.85. The molecule has 0 fully saturated rings. The van der Waals surface area contributed by atoms with E-state index in [1.165, 1.54) is 0 Å². The summed E-state index contributed by atoms with van der Waals surface area (Å²) in [6.45, 7) is 1.06. The number of nitrogens with zero attached hydrogens (tertiary/aromatic N) is 1. The lowest BCUT2D eigenvalue weighted by Gasteiger charge is -2.08. The zero-order valence-corrected chi connectivity index (χ0v) is 7.83. The highest BCUT2D eigenvalue weighted by Gasteiger charge is 2.35. The molecule has 0 radical (unpaired) electrons. The van der Waals surface area contributed by atoms with Crippen molar-refractivity contribution in [3.05, 3.63) is 27.4 Å². The van der Waals surface area contributed by atoms with Crippen LogP contribution in [0.3, 0.4) is 0 Å². The maximum Gasteiger partial charge on any atom is 0.433 e. The molecule has 3 nitrogen and oxygen atoms in total. The summed E-state index contributed by atoms with van der Waals surface area (Å²) in [5.41, 5.74) is -2.45. The van der Waals surface area contributed by atoms with E-state index in [1.54, 1.807) is 0 Å². The lowest BCUT2D eigenvalue weighted by atomic mass is 10.2. The second kappa shape index (κ2) is 3.61. The summed E-state index contributed by atoms with van der Waals surface area (Å²) < 4.78 is 36.9. The molecule has 1 N–H and O–H groups in total. The number of halogens is 4. The highest BCUT2D eigenvalue weighted by molar-refractivity contribution is 6.16. The molecule has 1 heterocycles. The van der Waals surface area contributed by atoms with E-state index in [2.05, 4.69) is 9.97 Å². The van der Waals surface area contributed by atoms with Crippen molar-refractivity contribution >= 4 is 11.6 Å². The zero-order valence-electron chi connectivity index (χ0n) is 7.07. The van der Waals surface area contributed by atoms with Crippen molar-refractivity contribution in [2.24, 2.45) is 0 Å². The summed E-state index contributed by atoms with van der Waals surface area (Å²) in [6, 6.07) is 0. The Hall–Kier alpha value is -1.04. The van der Waals surface area contributed by atoms with Gasteiger partial charge in [-0.15, -0.1) is 11.6 Å². The fourth-order valence-corrected chi connectivity index (χ4v) is 1.04. The van der Waals surface area contributed by atoms with Crippen LogP contribution < -0.4 is 5.56 Å². The first-order valence-corrected chi connectivity index (χ1v) is 4.12. The summed E-state index contributed by atoms with van der Waals surface area (Å²) in [7, 11) is 0. The first-order chi connectivity index (χ1) is 6.36. The van der Waals surface area contributed by atoms with E-state index < -0.39 is 23.0 Å². The van der Waals surface area contributed by atoms with Gasteiger partial charge < -0.3 is 4.98 Å². The fraction of sp³-hybridized carbons (Fsp3) is 0.429. The monoisotopic (exact) mass is 226 g/mol. The predicted octanol–water partition coefficient (Wildman–Crippen LogP) is 1.84. The van der Waals surface area contributed by atoms with Gasteiger partial charge in [-0.25, -0.2) is 4.98 Å². The largest absolute Gasteiger partial charge is 0.433 e. The number of aromatic amines is 1. The van der Waals surface area contributed by atoms with Crippen LogP contribution in [0.25, 0.3) is 0 Å². The van der Waals surface area contributed by atoms with E-state index in [0.717, 1.165) is 6.92 Å². The van der Waals surface area contributed by atoms with E-state index in [9.17, 15) is 18.0 Å². The Balaban J connectivity index is 3.43.